The van der Waals surface area contributed by atoms with E-state index in [4.69, 9.17) is 4.74 Å². The second-order valence-electron chi connectivity index (χ2n) is 5.98. The van der Waals surface area contributed by atoms with E-state index in [0.717, 1.165) is 25.2 Å². The van der Waals surface area contributed by atoms with Crippen molar-refractivity contribution in [1.82, 2.24) is 0 Å². The first-order valence-corrected chi connectivity index (χ1v) is 8.32. The molecule has 0 atom stereocenters. The van der Waals surface area contributed by atoms with Crippen molar-refractivity contribution in [3.63, 3.8) is 0 Å². The fourth-order valence-electron chi connectivity index (χ4n) is 2.14. The molecule has 0 unspecified atom stereocenters. The van der Waals surface area contributed by atoms with Gasteiger partial charge in [-0.25, -0.2) is 0 Å². The predicted octanol–water partition coefficient (Wildman–Crippen LogP) is 5.50. The molecule has 0 aliphatic carbocycles. The van der Waals surface area contributed by atoms with Gasteiger partial charge in [-0.2, -0.15) is 0 Å². The van der Waals surface area contributed by atoms with Crippen molar-refractivity contribution in [2.75, 3.05) is 6.61 Å². The Kier molecular flexibility index (Phi) is 13.5. The molecule has 2 nitrogen and oxygen atoms in total. The zero-order valence-corrected chi connectivity index (χ0v) is 13.4. The maximum Gasteiger partial charge on any atom is 0.305 e. The highest BCUT2D eigenvalue weighted by molar-refractivity contribution is 5.69. The number of rotatable bonds is 13. The molecule has 0 spiro atoms. The van der Waals surface area contributed by atoms with Crippen LogP contribution in [0.3, 0.4) is 0 Å². The van der Waals surface area contributed by atoms with Gasteiger partial charge in [-0.15, -0.1) is 0 Å². The molecule has 0 aliphatic heterocycles. The summed E-state index contributed by atoms with van der Waals surface area (Å²) in [6, 6.07) is 0. The Hall–Kier alpha value is -0.530. The highest BCUT2D eigenvalue weighted by Crippen LogP contribution is 2.10. The van der Waals surface area contributed by atoms with Gasteiger partial charge in [-0.05, 0) is 18.8 Å². The van der Waals surface area contributed by atoms with Gasteiger partial charge in [-0.3, -0.25) is 4.79 Å². The van der Waals surface area contributed by atoms with Crippen LogP contribution < -0.4 is 0 Å². The van der Waals surface area contributed by atoms with Crippen molar-refractivity contribution >= 4 is 5.97 Å². The molecule has 19 heavy (non-hydrogen) atoms. The Balaban J connectivity index is 3.14. The van der Waals surface area contributed by atoms with Crippen LogP contribution in [0.5, 0.6) is 0 Å². The van der Waals surface area contributed by atoms with Gasteiger partial charge in [0.2, 0.25) is 0 Å². The third-order valence-electron chi connectivity index (χ3n) is 3.42. The molecule has 0 heterocycles. The topological polar surface area (TPSA) is 26.3 Å². The normalized spacial score (nSPS) is 10.9. The van der Waals surface area contributed by atoms with E-state index in [1.165, 1.54) is 44.9 Å². The van der Waals surface area contributed by atoms with Crippen LogP contribution in [0.2, 0.25) is 0 Å². The lowest BCUT2D eigenvalue weighted by atomic mass is 10.0. The van der Waals surface area contributed by atoms with E-state index in [9.17, 15) is 4.79 Å². The minimum atomic E-state index is -0.00379. The summed E-state index contributed by atoms with van der Waals surface area (Å²) in [5.74, 6) is 0.824. The molecule has 0 aromatic carbocycles. The molecule has 114 valence electrons. The smallest absolute Gasteiger partial charge is 0.305 e. The number of unbranched alkanes of at least 4 members (excludes halogenated alkanes) is 7. The Morgan fingerprint density at radius 2 is 1.53 bits per heavy atom. The summed E-state index contributed by atoms with van der Waals surface area (Å²) in [6.07, 6.45) is 12.7. The van der Waals surface area contributed by atoms with Crippen molar-refractivity contribution in [2.24, 2.45) is 5.92 Å². The first-order chi connectivity index (χ1) is 9.16. The van der Waals surface area contributed by atoms with Crippen LogP contribution in [0.15, 0.2) is 0 Å². The summed E-state index contributed by atoms with van der Waals surface area (Å²) in [5, 5.41) is 0. The lowest BCUT2D eigenvalue weighted by Gasteiger charge is -2.06. The largest absolute Gasteiger partial charge is 0.466 e. The van der Waals surface area contributed by atoms with Crippen LogP contribution in [-0.2, 0) is 9.53 Å². The Labute approximate surface area is 120 Å². The molecule has 2 heteroatoms. The first kappa shape index (κ1) is 18.5. The third-order valence-corrected chi connectivity index (χ3v) is 3.42. The Morgan fingerprint density at radius 1 is 0.895 bits per heavy atom. The maximum absolute atomic E-state index is 11.4. The van der Waals surface area contributed by atoms with Crippen molar-refractivity contribution in [3.05, 3.63) is 0 Å². The molecule has 0 saturated carbocycles. The summed E-state index contributed by atoms with van der Waals surface area (Å²) in [7, 11) is 0. The molecule has 0 saturated heterocycles. The molecule has 0 aliphatic rings. The summed E-state index contributed by atoms with van der Waals surface area (Å²) < 4.78 is 5.23. The van der Waals surface area contributed by atoms with Gasteiger partial charge in [0.15, 0.2) is 0 Å². The van der Waals surface area contributed by atoms with Crippen molar-refractivity contribution in [3.8, 4) is 0 Å². The predicted molar refractivity (Wildman–Crippen MR) is 82.3 cm³/mol. The van der Waals surface area contributed by atoms with Crippen LogP contribution in [0.4, 0.5) is 0 Å². The van der Waals surface area contributed by atoms with E-state index in [1.807, 2.05) is 0 Å². The Bertz CT molecular complexity index is 199. The lowest BCUT2D eigenvalue weighted by molar-refractivity contribution is -0.143. The standard InChI is InChI=1S/C17H34O2/c1-4-5-6-11-14-17(18)19-15-12-9-7-8-10-13-16(2)3/h16H,4-15H2,1-3H3. The molecule has 0 aromatic heterocycles. The zero-order chi connectivity index (χ0) is 14.3. The molecule has 0 fully saturated rings. The number of hydrogen-bond acceptors (Lipinski definition) is 2. The quantitative estimate of drug-likeness (QED) is 0.326. The molecule has 0 rings (SSSR count). The third kappa shape index (κ3) is 15.4. The van der Waals surface area contributed by atoms with Crippen LogP contribution in [0, 0.1) is 5.92 Å². The summed E-state index contributed by atoms with van der Waals surface area (Å²) in [6.45, 7) is 7.36. The van der Waals surface area contributed by atoms with E-state index >= 15 is 0 Å². The van der Waals surface area contributed by atoms with Gasteiger partial charge < -0.3 is 4.74 Å². The first-order valence-electron chi connectivity index (χ1n) is 8.32. The van der Waals surface area contributed by atoms with E-state index in [2.05, 4.69) is 20.8 Å². The minimum Gasteiger partial charge on any atom is -0.466 e. The molecule has 0 aromatic rings. The number of carbonyl (C=O) groups excluding carboxylic acids is 1. The van der Waals surface area contributed by atoms with E-state index in [-0.39, 0.29) is 5.97 Å². The van der Waals surface area contributed by atoms with Gasteiger partial charge in [-0.1, -0.05) is 72.1 Å². The van der Waals surface area contributed by atoms with Crippen molar-refractivity contribution in [2.45, 2.75) is 91.4 Å². The second-order valence-corrected chi connectivity index (χ2v) is 5.98. The highest BCUT2D eigenvalue weighted by atomic mass is 16.5. The second kappa shape index (κ2) is 13.9. The number of carbonyl (C=O) groups is 1. The van der Waals surface area contributed by atoms with E-state index < -0.39 is 0 Å². The number of hydrogen-bond donors (Lipinski definition) is 0. The van der Waals surface area contributed by atoms with E-state index in [1.54, 1.807) is 0 Å². The summed E-state index contributed by atoms with van der Waals surface area (Å²) in [5.41, 5.74) is 0. The molecule has 0 amide bonds. The van der Waals surface area contributed by atoms with Crippen molar-refractivity contribution in [1.29, 1.82) is 0 Å². The highest BCUT2D eigenvalue weighted by Gasteiger charge is 2.02. The SMILES string of the molecule is CCCCCCC(=O)OCCCCCCCC(C)C. The van der Waals surface area contributed by atoms with Gasteiger partial charge in [0.05, 0.1) is 6.61 Å². The zero-order valence-electron chi connectivity index (χ0n) is 13.4. The average molecular weight is 270 g/mol. The molecule has 0 N–H and O–H groups in total. The van der Waals surface area contributed by atoms with Crippen LogP contribution in [0.25, 0.3) is 0 Å². The van der Waals surface area contributed by atoms with Gasteiger partial charge >= 0.3 is 5.97 Å². The molecule has 0 radical (unpaired) electrons. The van der Waals surface area contributed by atoms with Gasteiger partial charge in [0.25, 0.3) is 0 Å². The minimum absolute atomic E-state index is 0.00379. The maximum atomic E-state index is 11.4. The monoisotopic (exact) mass is 270 g/mol. The Morgan fingerprint density at radius 3 is 2.21 bits per heavy atom. The molecular formula is C17H34O2. The lowest BCUT2D eigenvalue weighted by Crippen LogP contribution is -2.05. The summed E-state index contributed by atoms with van der Waals surface area (Å²) >= 11 is 0. The van der Waals surface area contributed by atoms with E-state index in [0.29, 0.717) is 13.0 Å². The van der Waals surface area contributed by atoms with Crippen LogP contribution >= 0.6 is 0 Å². The molecular weight excluding hydrogens is 236 g/mol. The van der Waals surface area contributed by atoms with Crippen LogP contribution in [0.1, 0.15) is 91.4 Å². The summed E-state index contributed by atoms with van der Waals surface area (Å²) in [4.78, 5) is 11.4. The number of ether oxygens (including phenoxy) is 1. The fourth-order valence-corrected chi connectivity index (χ4v) is 2.14. The van der Waals surface area contributed by atoms with Gasteiger partial charge in [0.1, 0.15) is 0 Å². The number of esters is 1. The van der Waals surface area contributed by atoms with Crippen molar-refractivity contribution < 1.29 is 9.53 Å². The van der Waals surface area contributed by atoms with Crippen LogP contribution in [-0.4, -0.2) is 12.6 Å². The fraction of sp³-hybridized carbons (Fsp3) is 0.941. The average Bonchev–Trinajstić information content (AvgIpc) is 2.37. The molecule has 0 bridgehead atoms. The van der Waals surface area contributed by atoms with Gasteiger partial charge in [0, 0.05) is 6.42 Å².